The van der Waals surface area contributed by atoms with Crippen LogP contribution in [0, 0.1) is 20.2 Å². The van der Waals surface area contributed by atoms with E-state index in [1.54, 1.807) is 0 Å². The molecule has 8 nitrogen and oxygen atoms in total. The molecule has 1 unspecified atom stereocenters. The number of nitrogens with zero attached hydrogens (tertiary/aromatic N) is 2. The molecule has 0 aliphatic carbocycles. The van der Waals surface area contributed by atoms with Crippen molar-refractivity contribution in [2.24, 2.45) is 0 Å². The number of nitro benzene ring substituents is 2. The Morgan fingerprint density at radius 3 is 2.06 bits per heavy atom. The van der Waals surface area contributed by atoms with Crippen LogP contribution in [0.5, 0.6) is 0 Å². The molecular weight excluding hydrogens is 267 g/mol. The molecule has 0 aromatic heterocycles. The van der Waals surface area contributed by atoms with E-state index in [-0.39, 0.29) is 51.4 Å². The summed E-state index contributed by atoms with van der Waals surface area (Å²) in [6.45, 7) is 0. The summed E-state index contributed by atoms with van der Waals surface area (Å²) >= 11 is -2.80. The maximum absolute atomic E-state index is 10.5. The molecule has 0 amide bonds. The Morgan fingerprint density at radius 1 is 1.12 bits per heavy atom. The molecule has 10 heteroatoms. The van der Waals surface area contributed by atoms with Crippen LogP contribution in [-0.2, 0) is 11.1 Å². The fourth-order valence-corrected chi connectivity index (χ4v) is 1.39. The van der Waals surface area contributed by atoms with E-state index in [2.05, 4.69) is 0 Å². The molecule has 80 valence electrons. The van der Waals surface area contributed by atoms with Crippen molar-refractivity contribution in [2.75, 3.05) is 0 Å². The fraction of sp³-hybridized carbons (Fsp3) is 0. The smallest absolute Gasteiger partial charge is 0.768 e. The van der Waals surface area contributed by atoms with E-state index in [9.17, 15) is 29.0 Å². The zero-order valence-electron chi connectivity index (χ0n) is 7.98. The first-order valence-corrected chi connectivity index (χ1v) is 4.53. The second-order valence-electron chi connectivity index (χ2n) is 2.40. The molecule has 0 saturated carbocycles. The molecule has 0 fully saturated rings. The van der Waals surface area contributed by atoms with E-state index in [1.807, 2.05) is 0 Å². The number of hydrogen-bond acceptors (Lipinski definition) is 6. The topological polar surface area (TPSA) is 126 Å². The summed E-state index contributed by atoms with van der Waals surface area (Å²) in [7, 11) is 0. The van der Waals surface area contributed by atoms with Crippen molar-refractivity contribution in [3.63, 3.8) is 0 Å². The Kier molecular flexibility index (Phi) is 6.39. The Bertz CT molecular complexity index is 464. The summed E-state index contributed by atoms with van der Waals surface area (Å²) in [6, 6.07) is 2.31. The van der Waals surface area contributed by atoms with Gasteiger partial charge in [-0.1, -0.05) is 0 Å². The predicted molar refractivity (Wildman–Crippen MR) is 46.9 cm³/mol. The average molecular weight is 270 g/mol. The van der Waals surface area contributed by atoms with Crippen LogP contribution in [0.1, 0.15) is 0 Å². The minimum absolute atomic E-state index is 0. The van der Waals surface area contributed by atoms with E-state index >= 15 is 0 Å². The average Bonchev–Trinajstić information content (AvgIpc) is 2.16. The maximum Gasteiger partial charge on any atom is 1.00 e. The van der Waals surface area contributed by atoms with Crippen LogP contribution in [0.3, 0.4) is 0 Å². The summed E-state index contributed by atoms with van der Waals surface area (Å²) < 4.78 is 21.1. The minimum Gasteiger partial charge on any atom is -0.768 e. The van der Waals surface area contributed by atoms with Gasteiger partial charge in [0.25, 0.3) is 11.4 Å². The molecule has 0 radical (unpaired) electrons. The van der Waals surface area contributed by atoms with E-state index in [4.69, 9.17) is 0 Å². The van der Waals surface area contributed by atoms with Crippen LogP contribution in [0.25, 0.3) is 0 Å². The van der Waals surface area contributed by atoms with Crippen molar-refractivity contribution in [1.29, 1.82) is 0 Å². The van der Waals surface area contributed by atoms with Crippen LogP contribution in [0.2, 0.25) is 0 Å². The van der Waals surface area contributed by atoms with Gasteiger partial charge in [-0.3, -0.25) is 24.4 Å². The molecule has 1 atom stereocenters. The number of benzene rings is 1. The van der Waals surface area contributed by atoms with Gasteiger partial charge >= 0.3 is 51.4 Å². The normalized spacial score (nSPS) is 11.3. The van der Waals surface area contributed by atoms with Gasteiger partial charge in [0, 0.05) is 6.07 Å². The van der Waals surface area contributed by atoms with Crippen molar-refractivity contribution < 1.29 is 70.0 Å². The molecule has 1 rings (SSSR count). The predicted octanol–water partition coefficient (Wildman–Crippen LogP) is -2.25. The standard InChI is InChI=1S/C6H4N2O6S.K/c9-7(10)4-1-2-6(15(13)14)5(3-4)8(11)12;/h1-3H,(H,13,14);/q;+1/p-1. The molecule has 0 heterocycles. The first-order valence-electron chi connectivity index (χ1n) is 3.45. The number of hydrogen-bond donors (Lipinski definition) is 0. The van der Waals surface area contributed by atoms with Crippen molar-refractivity contribution in [2.45, 2.75) is 4.90 Å². The second kappa shape index (κ2) is 6.49. The quantitative estimate of drug-likeness (QED) is 0.264. The summed E-state index contributed by atoms with van der Waals surface area (Å²) in [4.78, 5) is 18.3. The van der Waals surface area contributed by atoms with E-state index < -0.39 is 37.2 Å². The molecule has 16 heavy (non-hydrogen) atoms. The number of nitro groups is 2. The van der Waals surface area contributed by atoms with Gasteiger partial charge < -0.3 is 4.55 Å². The van der Waals surface area contributed by atoms with Gasteiger partial charge in [0.05, 0.1) is 15.9 Å². The van der Waals surface area contributed by atoms with Gasteiger partial charge in [-0.2, -0.15) is 0 Å². The Balaban J connectivity index is 0.00000225. The molecule has 0 spiro atoms. The molecular formula is C6H3KN2O6S. The number of non-ortho nitro benzene ring substituents is 1. The van der Waals surface area contributed by atoms with Gasteiger partial charge in [0.1, 0.15) is 4.90 Å². The Morgan fingerprint density at radius 2 is 1.69 bits per heavy atom. The largest absolute Gasteiger partial charge is 1.00 e. The zero-order chi connectivity index (χ0) is 11.6. The van der Waals surface area contributed by atoms with Gasteiger partial charge in [0.2, 0.25) is 0 Å². The third kappa shape index (κ3) is 3.66. The third-order valence-corrected chi connectivity index (χ3v) is 2.23. The molecule has 0 N–H and O–H groups in total. The van der Waals surface area contributed by atoms with Gasteiger partial charge in [-0.05, 0) is 17.1 Å². The minimum atomic E-state index is -2.80. The molecule has 0 bridgehead atoms. The second-order valence-corrected chi connectivity index (χ2v) is 3.31. The molecule has 0 saturated heterocycles. The summed E-state index contributed by atoms with van der Waals surface area (Å²) in [5.74, 6) is 0. The van der Waals surface area contributed by atoms with Gasteiger partial charge in [0.15, 0.2) is 0 Å². The zero-order valence-corrected chi connectivity index (χ0v) is 11.9. The van der Waals surface area contributed by atoms with E-state index in [0.717, 1.165) is 12.1 Å². The summed E-state index contributed by atoms with van der Waals surface area (Å²) in [6.07, 6.45) is 0. The van der Waals surface area contributed by atoms with Crippen LogP contribution in [-0.4, -0.2) is 18.6 Å². The van der Waals surface area contributed by atoms with Crippen LogP contribution >= 0.6 is 0 Å². The van der Waals surface area contributed by atoms with Crippen LogP contribution in [0.15, 0.2) is 23.1 Å². The molecule has 1 aromatic carbocycles. The van der Waals surface area contributed by atoms with Crippen LogP contribution in [0.4, 0.5) is 11.4 Å². The van der Waals surface area contributed by atoms with E-state index in [1.165, 1.54) is 0 Å². The van der Waals surface area contributed by atoms with Crippen molar-refractivity contribution in [3.05, 3.63) is 38.4 Å². The summed E-state index contributed by atoms with van der Waals surface area (Å²) in [5.41, 5.74) is -1.34. The van der Waals surface area contributed by atoms with E-state index in [0.29, 0.717) is 6.07 Å². The molecule has 0 aliphatic heterocycles. The number of rotatable bonds is 3. The summed E-state index contributed by atoms with van der Waals surface area (Å²) in [5, 5.41) is 20.7. The SMILES string of the molecule is O=[N+]([O-])c1ccc(S(=O)[O-])c([N+](=O)[O-])c1.[K+]. The third-order valence-electron chi connectivity index (χ3n) is 1.53. The van der Waals surface area contributed by atoms with Crippen molar-refractivity contribution >= 4 is 22.5 Å². The van der Waals surface area contributed by atoms with Crippen molar-refractivity contribution in [1.82, 2.24) is 0 Å². The maximum atomic E-state index is 10.5. The first kappa shape index (κ1) is 15.8. The van der Waals surface area contributed by atoms with Crippen LogP contribution < -0.4 is 51.4 Å². The van der Waals surface area contributed by atoms with Gasteiger partial charge in [-0.25, -0.2) is 0 Å². The first-order chi connectivity index (χ1) is 6.93. The molecule has 0 aliphatic rings. The van der Waals surface area contributed by atoms with Crippen molar-refractivity contribution in [3.8, 4) is 0 Å². The fourth-order valence-electron chi connectivity index (χ4n) is 0.903. The monoisotopic (exact) mass is 270 g/mol. The molecule has 1 aromatic rings. The Hall–Kier alpha value is -0.234. The van der Waals surface area contributed by atoms with Gasteiger partial charge in [-0.15, -0.1) is 0 Å². The Labute approximate surface area is 134 Å².